The highest BCUT2D eigenvalue weighted by molar-refractivity contribution is 5.61. The molecule has 0 spiro atoms. The maximum Gasteiger partial charge on any atom is 0.387 e. The van der Waals surface area contributed by atoms with Crippen molar-refractivity contribution in [2.75, 3.05) is 13.7 Å². The number of benzene rings is 1. The molecule has 138 valence electrons. The van der Waals surface area contributed by atoms with E-state index < -0.39 is 12.2 Å². The molecule has 0 aliphatic carbocycles. The maximum atomic E-state index is 12.3. The van der Waals surface area contributed by atoms with Gasteiger partial charge in [-0.05, 0) is 38.1 Å². The van der Waals surface area contributed by atoms with Crippen molar-refractivity contribution in [2.45, 2.75) is 26.1 Å². The Labute approximate surface area is 148 Å². The van der Waals surface area contributed by atoms with Gasteiger partial charge in [-0.3, -0.25) is 4.98 Å². The highest BCUT2D eigenvalue weighted by atomic mass is 19.3. The summed E-state index contributed by atoms with van der Waals surface area (Å²) in [5, 5.41) is 8.23. The SMILES string of the molecule is COC(C)(C)COc1cncc2nnc(-c3ccc(OC(F)F)cc3)n12. The van der Waals surface area contributed by atoms with Crippen molar-refractivity contribution in [3.8, 4) is 23.0 Å². The van der Waals surface area contributed by atoms with Crippen LogP contribution in [0.1, 0.15) is 13.8 Å². The van der Waals surface area contributed by atoms with E-state index in [1.807, 2.05) is 13.8 Å². The van der Waals surface area contributed by atoms with E-state index in [1.54, 1.807) is 36.0 Å². The summed E-state index contributed by atoms with van der Waals surface area (Å²) < 4.78 is 41.8. The largest absolute Gasteiger partial charge is 0.474 e. The molecule has 0 amide bonds. The molecular weight excluding hydrogens is 346 g/mol. The molecule has 7 nitrogen and oxygen atoms in total. The predicted octanol–water partition coefficient (Wildman–Crippen LogP) is 3.20. The molecule has 0 bridgehead atoms. The van der Waals surface area contributed by atoms with E-state index in [-0.39, 0.29) is 5.75 Å². The van der Waals surface area contributed by atoms with Crippen LogP contribution >= 0.6 is 0 Å². The van der Waals surface area contributed by atoms with Gasteiger partial charge in [0.15, 0.2) is 11.5 Å². The zero-order valence-corrected chi connectivity index (χ0v) is 14.5. The van der Waals surface area contributed by atoms with Gasteiger partial charge in [-0.2, -0.15) is 8.78 Å². The lowest BCUT2D eigenvalue weighted by Crippen LogP contribution is -2.31. The van der Waals surface area contributed by atoms with Crippen molar-refractivity contribution < 1.29 is 23.0 Å². The van der Waals surface area contributed by atoms with E-state index in [2.05, 4.69) is 19.9 Å². The molecule has 0 aliphatic rings. The van der Waals surface area contributed by atoms with E-state index in [0.29, 0.717) is 29.5 Å². The van der Waals surface area contributed by atoms with Crippen LogP contribution in [0, 0.1) is 0 Å². The number of nitrogens with zero attached hydrogens (tertiary/aromatic N) is 4. The van der Waals surface area contributed by atoms with Gasteiger partial charge in [0.2, 0.25) is 5.88 Å². The van der Waals surface area contributed by atoms with Crippen LogP contribution in [0.4, 0.5) is 8.78 Å². The Hall–Kier alpha value is -2.81. The Balaban J connectivity index is 1.94. The third kappa shape index (κ3) is 3.88. The molecule has 0 saturated heterocycles. The van der Waals surface area contributed by atoms with Gasteiger partial charge in [0.05, 0.1) is 18.0 Å². The Kier molecular flexibility index (Phi) is 4.99. The van der Waals surface area contributed by atoms with Crippen LogP contribution in [0.15, 0.2) is 36.7 Å². The maximum absolute atomic E-state index is 12.3. The molecule has 0 radical (unpaired) electrons. The van der Waals surface area contributed by atoms with E-state index >= 15 is 0 Å². The third-order valence-corrected chi connectivity index (χ3v) is 3.74. The lowest BCUT2D eigenvalue weighted by molar-refractivity contribution is -0.0498. The minimum Gasteiger partial charge on any atom is -0.474 e. The minimum atomic E-state index is -2.87. The van der Waals surface area contributed by atoms with Crippen LogP contribution in [-0.4, -0.2) is 45.5 Å². The van der Waals surface area contributed by atoms with Crippen molar-refractivity contribution in [3.63, 3.8) is 0 Å². The molecular formula is C17H18F2N4O3. The highest BCUT2D eigenvalue weighted by Gasteiger charge is 2.20. The van der Waals surface area contributed by atoms with Gasteiger partial charge in [0.1, 0.15) is 12.4 Å². The van der Waals surface area contributed by atoms with E-state index in [0.717, 1.165) is 0 Å². The topological polar surface area (TPSA) is 70.8 Å². The number of ether oxygens (including phenoxy) is 3. The quantitative estimate of drug-likeness (QED) is 0.641. The summed E-state index contributed by atoms with van der Waals surface area (Å²) in [7, 11) is 1.61. The number of fused-ring (bicyclic) bond motifs is 1. The Bertz CT molecular complexity index is 881. The summed E-state index contributed by atoms with van der Waals surface area (Å²) in [6, 6.07) is 6.13. The van der Waals surface area contributed by atoms with Crippen LogP contribution in [0.5, 0.6) is 11.6 Å². The minimum absolute atomic E-state index is 0.0672. The van der Waals surface area contributed by atoms with E-state index in [1.165, 1.54) is 12.1 Å². The molecule has 9 heteroatoms. The highest BCUT2D eigenvalue weighted by Crippen LogP contribution is 2.26. The fourth-order valence-corrected chi connectivity index (χ4v) is 2.20. The van der Waals surface area contributed by atoms with Gasteiger partial charge < -0.3 is 14.2 Å². The molecule has 2 aromatic heterocycles. The third-order valence-electron chi connectivity index (χ3n) is 3.74. The number of rotatable bonds is 7. The Morgan fingerprint density at radius 1 is 1.12 bits per heavy atom. The average Bonchev–Trinajstić information content (AvgIpc) is 3.05. The van der Waals surface area contributed by atoms with Gasteiger partial charge in [0.25, 0.3) is 0 Å². The first-order chi connectivity index (χ1) is 12.4. The molecule has 0 unspecified atom stereocenters. The Morgan fingerprint density at radius 3 is 2.50 bits per heavy atom. The summed E-state index contributed by atoms with van der Waals surface area (Å²) in [4.78, 5) is 4.10. The summed E-state index contributed by atoms with van der Waals surface area (Å²) in [6.07, 6.45) is 3.11. The lowest BCUT2D eigenvalue weighted by Gasteiger charge is -2.23. The van der Waals surface area contributed by atoms with Crippen molar-refractivity contribution in [3.05, 3.63) is 36.7 Å². The molecule has 26 heavy (non-hydrogen) atoms. The predicted molar refractivity (Wildman–Crippen MR) is 89.4 cm³/mol. The van der Waals surface area contributed by atoms with Crippen molar-refractivity contribution in [2.24, 2.45) is 0 Å². The normalized spacial score (nSPS) is 11.9. The van der Waals surface area contributed by atoms with Crippen molar-refractivity contribution in [1.29, 1.82) is 0 Å². The van der Waals surface area contributed by atoms with Crippen LogP contribution in [0.3, 0.4) is 0 Å². The summed E-state index contributed by atoms with van der Waals surface area (Å²) >= 11 is 0. The number of hydrogen-bond acceptors (Lipinski definition) is 6. The van der Waals surface area contributed by atoms with Crippen molar-refractivity contribution in [1.82, 2.24) is 19.6 Å². The van der Waals surface area contributed by atoms with Crippen LogP contribution in [0.2, 0.25) is 0 Å². The van der Waals surface area contributed by atoms with Gasteiger partial charge in [-0.1, -0.05) is 0 Å². The second-order valence-corrected chi connectivity index (χ2v) is 6.12. The van der Waals surface area contributed by atoms with Gasteiger partial charge >= 0.3 is 6.61 Å². The average molecular weight is 364 g/mol. The zero-order valence-electron chi connectivity index (χ0n) is 14.5. The van der Waals surface area contributed by atoms with Crippen molar-refractivity contribution >= 4 is 5.65 Å². The first-order valence-electron chi connectivity index (χ1n) is 7.82. The van der Waals surface area contributed by atoms with Crippen LogP contribution in [-0.2, 0) is 4.74 Å². The molecule has 0 N–H and O–H groups in total. The first-order valence-corrected chi connectivity index (χ1v) is 7.82. The second kappa shape index (κ2) is 7.20. The lowest BCUT2D eigenvalue weighted by atomic mass is 10.1. The number of halogens is 2. The van der Waals surface area contributed by atoms with E-state index in [4.69, 9.17) is 9.47 Å². The van der Waals surface area contributed by atoms with Crippen LogP contribution < -0.4 is 9.47 Å². The molecule has 2 heterocycles. The fraction of sp³-hybridized carbons (Fsp3) is 0.353. The summed E-state index contributed by atoms with van der Waals surface area (Å²) in [5.41, 5.74) is 0.687. The number of methoxy groups -OCH3 is 1. The molecule has 3 aromatic rings. The fourth-order valence-electron chi connectivity index (χ4n) is 2.20. The first kappa shape index (κ1) is 18.0. The van der Waals surface area contributed by atoms with Gasteiger partial charge in [0, 0.05) is 12.7 Å². The molecule has 0 fully saturated rings. The smallest absolute Gasteiger partial charge is 0.387 e. The molecule has 0 saturated carbocycles. The molecule has 1 aromatic carbocycles. The van der Waals surface area contributed by atoms with E-state index in [9.17, 15) is 8.78 Å². The van der Waals surface area contributed by atoms with Crippen LogP contribution in [0.25, 0.3) is 17.0 Å². The molecule has 0 atom stereocenters. The monoisotopic (exact) mass is 364 g/mol. The molecule has 3 rings (SSSR count). The number of alkyl halides is 2. The Morgan fingerprint density at radius 2 is 1.85 bits per heavy atom. The zero-order chi connectivity index (χ0) is 18.7. The number of hydrogen-bond donors (Lipinski definition) is 0. The summed E-state index contributed by atoms with van der Waals surface area (Å²) in [6.45, 7) is 1.22. The summed E-state index contributed by atoms with van der Waals surface area (Å²) in [5.74, 6) is 1.01. The van der Waals surface area contributed by atoms with Gasteiger partial charge in [-0.25, -0.2) is 4.40 Å². The number of aromatic nitrogens is 4. The molecule has 0 aliphatic heterocycles. The second-order valence-electron chi connectivity index (χ2n) is 6.12. The van der Waals surface area contributed by atoms with Gasteiger partial charge in [-0.15, -0.1) is 10.2 Å². The standard InChI is InChI=1S/C17H18F2N4O3/c1-17(2,24-3)10-25-14-9-20-8-13-21-22-15(23(13)14)11-4-6-12(7-5-11)26-16(18)19/h4-9,16H,10H2,1-3H3.